The Morgan fingerprint density at radius 3 is 3.12 bits per heavy atom. The maximum atomic E-state index is 11.5. The zero-order valence-corrected chi connectivity index (χ0v) is 9.80. The van der Waals surface area contributed by atoms with Gasteiger partial charge in [0, 0.05) is 30.2 Å². The molecular weight excluding hydrogens is 222 g/mol. The van der Waals surface area contributed by atoms with Gasteiger partial charge in [0.05, 0.1) is 5.01 Å². The second kappa shape index (κ2) is 4.94. The number of amides is 1. The van der Waals surface area contributed by atoms with Gasteiger partial charge in [-0.1, -0.05) is 0 Å². The highest BCUT2D eigenvalue weighted by molar-refractivity contribution is 7.09. The van der Waals surface area contributed by atoms with Gasteiger partial charge >= 0.3 is 0 Å². The first-order chi connectivity index (χ1) is 7.75. The molecule has 2 N–H and O–H groups in total. The van der Waals surface area contributed by atoms with Crippen molar-refractivity contribution in [1.29, 1.82) is 0 Å². The number of aromatic amines is 1. The summed E-state index contributed by atoms with van der Waals surface area (Å²) >= 11 is 1.63. The summed E-state index contributed by atoms with van der Waals surface area (Å²) in [6.07, 6.45) is 2.52. The highest BCUT2D eigenvalue weighted by Crippen LogP contribution is 2.08. The average Bonchev–Trinajstić information content (AvgIpc) is 2.89. The molecule has 0 aliphatic rings. The van der Waals surface area contributed by atoms with Gasteiger partial charge in [0.25, 0.3) is 5.91 Å². The average molecular weight is 235 g/mol. The third-order valence-corrected chi connectivity index (χ3v) is 3.16. The first kappa shape index (κ1) is 10.9. The van der Waals surface area contributed by atoms with Crippen LogP contribution in [-0.4, -0.2) is 22.4 Å². The molecule has 0 radical (unpaired) electrons. The van der Waals surface area contributed by atoms with Crippen molar-refractivity contribution in [3.63, 3.8) is 0 Å². The van der Waals surface area contributed by atoms with Crippen molar-refractivity contribution in [1.82, 2.24) is 15.3 Å². The van der Waals surface area contributed by atoms with Crippen LogP contribution in [-0.2, 0) is 6.42 Å². The predicted octanol–water partition coefficient (Wildman–Crippen LogP) is 1.75. The number of H-pyrrole nitrogens is 1. The van der Waals surface area contributed by atoms with Crippen molar-refractivity contribution >= 4 is 17.2 Å². The number of nitrogens with zero attached hydrogens (tertiary/aromatic N) is 1. The summed E-state index contributed by atoms with van der Waals surface area (Å²) in [5.41, 5.74) is 1.63. The molecular formula is C11H13N3OS. The molecule has 0 aliphatic carbocycles. The third-order valence-electron chi connectivity index (χ3n) is 2.13. The van der Waals surface area contributed by atoms with Gasteiger partial charge in [0.1, 0.15) is 5.69 Å². The number of carbonyl (C=O) groups excluding carboxylic acids is 1. The fourth-order valence-electron chi connectivity index (χ4n) is 1.37. The van der Waals surface area contributed by atoms with E-state index in [0.717, 1.165) is 17.1 Å². The van der Waals surface area contributed by atoms with E-state index in [0.29, 0.717) is 12.2 Å². The van der Waals surface area contributed by atoms with Gasteiger partial charge in [0.15, 0.2) is 0 Å². The maximum Gasteiger partial charge on any atom is 0.267 e. The van der Waals surface area contributed by atoms with Crippen LogP contribution in [0.2, 0.25) is 0 Å². The number of hydrogen-bond acceptors (Lipinski definition) is 3. The molecule has 0 aliphatic heterocycles. The van der Waals surface area contributed by atoms with Gasteiger partial charge in [0.2, 0.25) is 0 Å². The van der Waals surface area contributed by atoms with Gasteiger partial charge < -0.3 is 10.3 Å². The lowest BCUT2D eigenvalue weighted by Crippen LogP contribution is -2.25. The summed E-state index contributed by atoms with van der Waals surface area (Å²) in [6, 6.07) is 3.56. The Labute approximate surface area is 97.7 Å². The molecule has 0 fully saturated rings. The van der Waals surface area contributed by atoms with E-state index < -0.39 is 0 Å². The van der Waals surface area contributed by atoms with E-state index in [1.165, 1.54) is 0 Å². The smallest absolute Gasteiger partial charge is 0.267 e. The van der Waals surface area contributed by atoms with E-state index in [-0.39, 0.29) is 5.91 Å². The Hall–Kier alpha value is -1.62. The predicted molar refractivity (Wildman–Crippen MR) is 63.7 cm³/mol. The van der Waals surface area contributed by atoms with Crippen molar-refractivity contribution < 1.29 is 4.79 Å². The molecule has 2 rings (SSSR count). The topological polar surface area (TPSA) is 57.8 Å². The summed E-state index contributed by atoms with van der Waals surface area (Å²) in [5, 5.41) is 5.91. The lowest BCUT2D eigenvalue weighted by atomic mass is 10.4. The molecule has 0 bridgehead atoms. The van der Waals surface area contributed by atoms with Crippen molar-refractivity contribution in [3.05, 3.63) is 40.1 Å². The summed E-state index contributed by atoms with van der Waals surface area (Å²) in [4.78, 5) is 18.7. The Kier molecular flexibility index (Phi) is 3.36. The monoisotopic (exact) mass is 235 g/mol. The number of aromatic nitrogens is 2. The molecule has 0 aromatic carbocycles. The van der Waals surface area contributed by atoms with Crippen LogP contribution in [0.4, 0.5) is 0 Å². The molecule has 5 heteroatoms. The van der Waals surface area contributed by atoms with Gasteiger partial charge in [-0.3, -0.25) is 4.79 Å². The quantitative estimate of drug-likeness (QED) is 0.848. The molecule has 0 saturated heterocycles. The Balaban J connectivity index is 1.78. The highest BCUT2D eigenvalue weighted by atomic mass is 32.1. The van der Waals surface area contributed by atoms with Crippen molar-refractivity contribution in [2.75, 3.05) is 6.54 Å². The molecule has 0 saturated carbocycles. The SMILES string of the molecule is Cc1csc(CCNC(=O)c2ccc[nH]2)n1. The van der Waals surface area contributed by atoms with Crippen LogP contribution in [0.3, 0.4) is 0 Å². The molecule has 16 heavy (non-hydrogen) atoms. The molecule has 0 spiro atoms. The normalized spacial score (nSPS) is 10.3. The van der Waals surface area contributed by atoms with E-state index in [4.69, 9.17) is 0 Å². The number of aryl methyl sites for hydroxylation is 1. The van der Waals surface area contributed by atoms with E-state index in [1.54, 1.807) is 29.7 Å². The largest absolute Gasteiger partial charge is 0.357 e. The molecule has 0 unspecified atom stereocenters. The zero-order chi connectivity index (χ0) is 11.4. The van der Waals surface area contributed by atoms with Gasteiger partial charge in [-0.2, -0.15) is 0 Å². The Bertz CT molecular complexity index is 461. The number of thiazole rings is 1. The van der Waals surface area contributed by atoms with E-state index in [9.17, 15) is 4.79 Å². The standard InChI is InChI=1S/C11H13N3OS/c1-8-7-16-10(14-8)4-6-13-11(15)9-3-2-5-12-9/h2-3,5,7,12H,4,6H2,1H3,(H,13,15). The summed E-state index contributed by atoms with van der Waals surface area (Å²) in [6.45, 7) is 2.59. The minimum Gasteiger partial charge on any atom is -0.357 e. The van der Waals surface area contributed by atoms with Gasteiger partial charge in [-0.05, 0) is 19.1 Å². The number of carbonyl (C=O) groups is 1. The lowest BCUT2D eigenvalue weighted by molar-refractivity contribution is 0.0950. The third kappa shape index (κ3) is 2.70. The molecule has 1 amide bonds. The van der Waals surface area contributed by atoms with Crippen LogP contribution in [0.15, 0.2) is 23.7 Å². The molecule has 4 nitrogen and oxygen atoms in total. The second-order valence-corrected chi connectivity index (χ2v) is 4.41. The van der Waals surface area contributed by atoms with Crippen LogP contribution in [0.5, 0.6) is 0 Å². The molecule has 2 aromatic heterocycles. The number of rotatable bonds is 4. The molecule has 2 heterocycles. The van der Waals surface area contributed by atoms with E-state index in [1.807, 2.05) is 12.3 Å². The van der Waals surface area contributed by atoms with Crippen LogP contribution < -0.4 is 5.32 Å². The van der Waals surface area contributed by atoms with Crippen molar-refractivity contribution in [2.45, 2.75) is 13.3 Å². The fourth-order valence-corrected chi connectivity index (χ4v) is 2.14. The number of hydrogen-bond donors (Lipinski definition) is 2. The first-order valence-electron chi connectivity index (χ1n) is 5.08. The van der Waals surface area contributed by atoms with E-state index in [2.05, 4.69) is 15.3 Å². The second-order valence-electron chi connectivity index (χ2n) is 3.47. The lowest BCUT2D eigenvalue weighted by Gasteiger charge is -2.01. The Morgan fingerprint density at radius 1 is 1.62 bits per heavy atom. The number of nitrogens with one attached hydrogen (secondary N) is 2. The van der Waals surface area contributed by atoms with Crippen molar-refractivity contribution in [3.8, 4) is 0 Å². The summed E-state index contributed by atoms with van der Waals surface area (Å²) < 4.78 is 0. The molecule has 0 atom stereocenters. The molecule has 84 valence electrons. The minimum atomic E-state index is -0.0710. The van der Waals surface area contributed by atoms with Crippen molar-refractivity contribution in [2.24, 2.45) is 0 Å². The van der Waals surface area contributed by atoms with E-state index >= 15 is 0 Å². The van der Waals surface area contributed by atoms with Crippen LogP contribution >= 0.6 is 11.3 Å². The zero-order valence-electron chi connectivity index (χ0n) is 8.99. The maximum absolute atomic E-state index is 11.5. The fraction of sp³-hybridized carbons (Fsp3) is 0.273. The van der Waals surface area contributed by atoms with Gasteiger partial charge in [-0.15, -0.1) is 11.3 Å². The van der Waals surface area contributed by atoms with Gasteiger partial charge in [-0.25, -0.2) is 4.98 Å². The first-order valence-corrected chi connectivity index (χ1v) is 5.96. The van der Waals surface area contributed by atoms with Crippen LogP contribution in [0.1, 0.15) is 21.2 Å². The molecule has 2 aromatic rings. The minimum absolute atomic E-state index is 0.0710. The van der Waals surface area contributed by atoms with Crippen LogP contribution in [0.25, 0.3) is 0 Å². The highest BCUT2D eigenvalue weighted by Gasteiger charge is 2.05. The van der Waals surface area contributed by atoms with Crippen LogP contribution in [0, 0.1) is 6.92 Å². The summed E-state index contributed by atoms with van der Waals surface area (Å²) in [5.74, 6) is -0.0710. The summed E-state index contributed by atoms with van der Waals surface area (Å²) in [7, 11) is 0. The Morgan fingerprint density at radius 2 is 2.50 bits per heavy atom.